The Labute approximate surface area is 209 Å². The van der Waals surface area contributed by atoms with E-state index < -0.39 is 34.8 Å². The molecule has 2 atom stereocenters. The third-order valence-electron chi connectivity index (χ3n) is 7.13. The second-order valence-corrected chi connectivity index (χ2v) is 9.46. The van der Waals surface area contributed by atoms with Crippen molar-refractivity contribution < 1.29 is 31.4 Å². The number of alkyl halides is 3. The Morgan fingerprint density at radius 3 is 2.54 bits per heavy atom. The molecule has 0 amide bonds. The van der Waals surface area contributed by atoms with Gasteiger partial charge in [0, 0.05) is 12.1 Å². The van der Waals surface area contributed by atoms with Crippen LogP contribution in [0, 0.1) is 11.6 Å². The molecule has 2 aliphatic heterocycles. The van der Waals surface area contributed by atoms with Gasteiger partial charge in [0.2, 0.25) is 5.88 Å². The van der Waals surface area contributed by atoms with Crippen molar-refractivity contribution >= 4 is 5.82 Å². The predicted octanol–water partition coefficient (Wildman–Crippen LogP) is 6.06. The molecule has 1 aromatic heterocycles. The number of hydrogen-bond donors (Lipinski definition) is 0. The van der Waals surface area contributed by atoms with Gasteiger partial charge in [-0.25, -0.2) is 13.6 Å². The highest BCUT2D eigenvalue weighted by atomic mass is 19.4. The largest absolute Gasteiger partial charge is 0.473 e. The smallest absolute Gasteiger partial charge is 0.416 e. The molecule has 3 aromatic rings. The van der Waals surface area contributed by atoms with E-state index in [0.29, 0.717) is 18.4 Å². The van der Waals surface area contributed by atoms with Gasteiger partial charge in [0.15, 0.2) is 17.4 Å². The minimum absolute atomic E-state index is 0.0346. The summed E-state index contributed by atoms with van der Waals surface area (Å²) < 4.78 is 80.4. The van der Waals surface area contributed by atoms with Crippen LogP contribution in [0.1, 0.15) is 44.2 Å². The Kier molecular flexibility index (Phi) is 6.12. The van der Waals surface area contributed by atoms with Crippen LogP contribution in [0.2, 0.25) is 0 Å². The van der Waals surface area contributed by atoms with Gasteiger partial charge < -0.3 is 14.4 Å². The van der Waals surface area contributed by atoms with Gasteiger partial charge in [-0.1, -0.05) is 13.0 Å². The standard InChI is InChI=1S/C26H24F5N3O3/c1-3-25-8-7-15(2)34(25)22-12-21(32-24(35)33(22)14-25)36-13-16-9-19(27)23(20(28)10-16)37-18-6-4-5-17(11-18)26(29,30)31/h4-6,9-12,15H,3,7-8,13-14H2,1-2H3. The monoisotopic (exact) mass is 521 g/mol. The van der Waals surface area contributed by atoms with Crippen molar-refractivity contribution in [1.29, 1.82) is 0 Å². The number of anilines is 1. The SMILES string of the molecule is CCC12CCC(C)N1c1cc(OCc3cc(F)c(Oc4cccc(C(F)(F)F)c4)c(F)c3)nc(=O)n1C2. The molecule has 2 aromatic carbocycles. The summed E-state index contributed by atoms with van der Waals surface area (Å²) in [6.45, 7) is 4.46. The van der Waals surface area contributed by atoms with Gasteiger partial charge in [0.1, 0.15) is 18.2 Å². The maximum absolute atomic E-state index is 14.7. The molecule has 0 N–H and O–H groups in total. The molecule has 0 radical (unpaired) electrons. The molecule has 0 bridgehead atoms. The lowest BCUT2D eigenvalue weighted by molar-refractivity contribution is -0.137. The van der Waals surface area contributed by atoms with Crippen LogP contribution in [0.5, 0.6) is 17.4 Å². The Balaban J connectivity index is 1.34. The van der Waals surface area contributed by atoms with E-state index in [2.05, 4.69) is 23.7 Å². The first-order valence-electron chi connectivity index (χ1n) is 11.9. The summed E-state index contributed by atoms with van der Waals surface area (Å²) in [5.41, 5.74) is -1.50. The topological polar surface area (TPSA) is 56.6 Å². The molecule has 1 fully saturated rings. The van der Waals surface area contributed by atoms with Crippen LogP contribution in [0.25, 0.3) is 0 Å². The van der Waals surface area contributed by atoms with Gasteiger partial charge in [-0.15, -0.1) is 0 Å². The first-order valence-corrected chi connectivity index (χ1v) is 11.9. The fourth-order valence-electron chi connectivity index (χ4n) is 5.27. The Morgan fingerprint density at radius 1 is 1.14 bits per heavy atom. The number of rotatable bonds is 6. The molecule has 0 saturated carbocycles. The summed E-state index contributed by atoms with van der Waals surface area (Å²) in [5.74, 6) is -2.68. The first kappa shape index (κ1) is 25.0. The van der Waals surface area contributed by atoms with E-state index in [1.807, 2.05) is 0 Å². The van der Waals surface area contributed by atoms with Crippen molar-refractivity contribution in [2.24, 2.45) is 0 Å². The maximum atomic E-state index is 14.7. The summed E-state index contributed by atoms with van der Waals surface area (Å²) in [5, 5.41) is 0. The first-order chi connectivity index (χ1) is 17.5. The summed E-state index contributed by atoms with van der Waals surface area (Å²) in [6, 6.07) is 7.55. The summed E-state index contributed by atoms with van der Waals surface area (Å²) in [4.78, 5) is 18.9. The van der Waals surface area contributed by atoms with Gasteiger partial charge in [0.25, 0.3) is 0 Å². The molecule has 3 heterocycles. The maximum Gasteiger partial charge on any atom is 0.416 e. The molecular formula is C26H24F5N3O3. The zero-order chi connectivity index (χ0) is 26.5. The fraction of sp³-hybridized carbons (Fsp3) is 0.385. The van der Waals surface area contributed by atoms with Crippen molar-refractivity contribution in [2.45, 2.75) is 64.0 Å². The average Bonchev–Trinajstić information content (AvgIpc) is 3.35. The number of halogens is 5. The molecule has 37 heavy (non-hydrogen) atoms. The number of ether oxygens (including phenoxy) is 2. The van der Waals surface area contributed by atoms with Crippen molar-refractivity contribution in [2.75, 3.05) is 4.90 Å². The fourth-order valence-corrected chi connectivity index (χ4v) is 5.27. The van der Waals surface area contributed by atoms with Crippen LogP contribution in [0.3, 0.4) is 0 Å². The molecule has 196 valence electrons. The third kappa shape index (κ3) is 4.51. The van der Waals surface area contributed by atoms with Gasteiger partial charge in [0.05, 0.1) is 17.6 Å². The second-order valence-electron chi connectivity index (χ2n) is 9.46. The van der Waals surface area contributed by atoms with E-state index in [1.54, 1.807) is 10.6 Å². The number of nitrogens with zero attached hydrogens (tertiary/aromatic N) is 3. The van der Waals surface area contributed by atoms with Crippen LogP contribution in [-0.2, 0) is 19.3 Å². The number of aromatic nitrogens is 2. The minimum atomic E-state index is -4.63. The van der Waals surface area contributed by atoms with Gasteiger partial charge in [-0.2, -0.15) is 18.2 Å². The molecule has 2 aliphatic rings. The van der Waals surface area contributed by atoms with Crippen molar-refractivity contribution in [3.63, 3.8) is 0 Å². The lowest BCUT2D eigenvalue weighted by Gasteiger charge is -2.34. The van der Waals surface area contributed by atoms with Gasteiger partial charge in [-0.05, 0) is 62.1 Å². The Morgan fingerprint density at radius 2 is 1.86 bits per heavy atom. The lowest BCUT2D eigenvalue weighted by Crippen LogP contribution is -2.43. The quantitative estimate of drug-likeness (QED) is 0.369. The van der Waals surface area contributed by atoms with Gasteiger partial charge in [-0.3, -0.25) is 4.57 Å². The number of hydrogen-bond acceptors (Lipinski definition) is 5. The van der Waals surface area contributed by atoms with E-state index in [-0.39, 0.29) is 35.4 Å². The molecule has 0 spiro atoms. The molecule has 11 heteroatoms. The Bertz CT molecular complexity index is 1380. The van der Waals surface area contributed by atoms with Crippen LogP contribution in [0.4, 0.5) is 27.8 Å². The van der Waals surface area contributed by atoms with Crippen LogP contribution in [0.15, 0.2) is 47.3 Å². The lowest BCUT2D eigenvalue weighted by atomic mass is 9.94. The minimum Gasteiger partial charge on any atom is -0.473 e. The molecule has 6 nitrogen and oxygen atoms in total. The zero-order valence-corrected chi connectivity index (χ0v) is 20.1. The van der Waals surface area contributed by atoms with E-state index in [0.717, 1.165) is 49.6 Å². The average molecular weight is 521 g/mol. The number of benzene rings is 2. The molecular weight excluding hydrogens is 497 g/mol. The van der Waals surface area contributed by atoms with E-state index >= 15 is 0 Å². The highest BCUT2D eigenvalue weighted by Crippen LogP contribution is 2.46. The van der Waals surface area contributed by atoms with Crippen molar-refractivity contribution in [3.05, 3.63) is 75.7 Å². The van der Waals surface area contributed by atoms with Crippen molar-refractivity contribution in [3.8, 4) is 17.4 Å². The van der Waals surface area contributed by atoms with Gasteiger partial charge >= 0.3 is 11.9 Å². The van der Waals surface area contributed by atoms with Crippen LogP contribution < -0.4 is 20.1 Å². The zero-order valence-electron chi connectivity index (χ0n) is 20.1. The molecule has 0 aliphatic carbocycles. The summed E-state index contributed by atoms with van der Waals surface area (Å²) in [7, 11) is 0. The second kappa shape index (κ2) is 9.04. The Hall–Kier alpha value is -3.63. The number of fused-ring (bicyclic) bond motifs is 3. The third-order valence-corrected chi connectivity index (χ3v) is 7.13. The van der Waals surface area contributed by atoms with E-state index in [9.17, 15) is 26.7 Å². The molecule has 1 saturated heterocycles. The normalized spacial score (nSPS) is 20.6. The van der Waals surface area contributed by atoms with E-state index in [4.69, 9.17) is 9.47 Å². The summed E-state index contributed by atoms with van der Waals surface area (Å²) >= 11 is 0. The molecule has 5 rings (SSSR count). The predicted molar refractivity (Wildman–Crippen MR) is 125 cm³/mol. The highest BCUT2D eigenvalue weighted by molar-refractivity contribution is 5.52. The summed E-state index contributed by atoms with van der Waals surface area (Å²) in [6.07, 6.45) is -1.78. The van der Waals surface area contributed by atoms with Crippen LogP contribution in [-0.4, -0.2) is 21.1 Å². The van der Waals surface area contributed by atoms with Crippen LogP contribution >= 0.6 is 0 Å². The molecule has 2 unspecified atom stereocenters. The van der Waals surface area contributed by atoms with Crippen molar-refractivity contribution in [1.82, 2.24) is 9.55 Å². The van der Waals surface area contributed by atoms with E-state index in [1.165, 1.54) is 0 Å². The highest BCUT2D eigenvalue weighted by Gasteiger charge is 2.49.